The van der Waals surface area contributed by atoms with Gasteiger partial charge in [-0.25, -0.2) is 0 Å². The second kappa shape index (κ2) is 5.88. The van der Waals surface area contributed by atoms with E-state index in [9.17, 15) is 31.7 Å². The van der Waals surface area contributed by atoms with Crippen LogP contribution in [0.3, 0.4) is 0 Å². The topological polar surface area (TPSA) is 86.5 Å². The zero-order valence-corrected chi connectivity index (χ0v) is 12.0. The third-order valence-corrected chi connectivity index (χ3v) is 3.97. The Kier molecular flexibility index (Phi) is 4.28. The maximum Gasteiger partial charge on any atom is 0.416 e. The molecule has 2 rings (SSSR count). The van der Waals surface area contributed by atoms with E-state index in [1.165, 1.54) is 12.1 Å². The van der Waals surface area contributed by atoms with Crippen LogP contribution in [-0.4, -0.2) is 13.3 Å². The fourth-order valence-electron chi connectivity index (χ4n) is 1.63. The van der Waals surface area contributed by atoms with Crippen molar-refractivity contribution in [1.82, 2.24) is 0 Å². The van der Waals surface area contributed by atoms with E-state index in [0.717, 1.165) is 24.3 Å². The van der Waals surface area contributed by atoms with Crippen molar-refractivity contribution in [2.24, 2.45) is 0 Å². The van der Waals surface area contributed by atoms with Crippen molar-refractivity contribution in [2.45, 2.75) is 11.1 Å². The summed E-state index contributed by atoms with van der Waals surface area (Å²) in [6, 6.07) is 7.11. The van der Waals surface area contributed by atoms with Gasteiger partial charge in [0.05, 0.1) is 16.6 Å². The molecule has 0 aliphatic carbocycles. The van der Waals surface area contributed by atoms with E-state index >= 15 is 0 Å². The average Bonchev–Trinajstić information content (AvgIpc) is 2.46. The molecule has 0 heterocycles. The molecule has 0 saturated heterocycles. The Bertz CT molecular complexity index is 831. The molecule has 0 radical (unpaired) electrons. The van der Waals surface area contributed by atoms with E-state index in [1.54, 1.807) is 0 Å². The number of hydrogen-bond acceptors (Lipinski definition) is 5. The smallest absolute Gasteiger partial charge is 0.379 e. The van der Waals surface area contributed by atoms with Gasteiger partial charge in [0.25, 0.3) is 5.69 Å². The van der Waals surface area contributed by atoms with Crippen LogP contribution in [0.2, 0.25) is 0 Å². The molecule has 0 aliphatic rings. The number of hydrogen-bond donors (Lipinski definition) is 0. The number of benzene rings is 2. The lowest BCUT2D eigenvalue weighted by Crippen LogP contribution is -2.11. The highest BCUT2D eigenvalue weighted by Gasteiger charge is 2.31. The van der Waals surface area contributed by atoms with Crippen molar-refractivity contribution < 1.29 is 30.7 Å². The molecule has 0 N–H and O–H groups in total. The first-order valence-electron chi connectivity index (χ1n) is 5.96. The van der Waals surface area contributed by atoms with Gasteiger partial charge >= 0.3 is 16.3 Å². The SMILES string of the molecule is O=[N+]([O-])c1cccc(OS(=O)(=O)c2ccc(C(F)(F)F)cc2)c1. The predicted octanol–water partition coefficient (Wildman–Crippen LogP) is 3.38. The molecule has 0 fully saturated rings. The van der Waals surface area contributed by atoms with E-state index in [0.29, 0.717) is 12.1 Å². The van der Waals surface area contributed by atoms with Crippen LogP contribution in [0.4, 0.5) is 18.9 Å². The van der Waals surface area contributed by atoms with Gasteiger partial charge in [0.2, 0.25) is 0 Å². The molecule has 0 unspecified atom stereocenters. The minimum absolute atomic E-state index is 0.320. The molecule has 0 aliphatic heterocycles. The molecule has 122 valence electrons. The molecule has 6 nitrogen and oxygen atoms in total. The van der Waals surface area contributed by atoms with E-state index in [4.69, 9.17) is 4.18 Å². The molecule has 23 heavy (non-hydrogen) atoms. The summed E-state index contributed by atoms with van der Waals surface area (Å²) in [6.07, 6.45) is -4.59. The fraction of sp³-hybridized carbons (Fsp3) is 0.0769. The van der Waals surface area contributed by atoms with Gasteiger partial charge in [0, 0.05) is 6.07 Å². The summed E-state index contributed by atoms with van der Waals surface area (Å²) in [5, 5.41) is 10.6. The van der Waals surface area contributed by atoms with E-state index < -0.39 is 31.7 Å². The van der Waals surface area contributed by atoms with Gasteiger partial charge in [-0.3, -0.25) is 10.1 Å². The zero-order chi connectivity index (χ0) is 17.3. The molecule has 2 aromatic carbocycles. The maximum atomic E-state index is 12.4. The Morgan fingerprint density at radius 3 is 2.17 bits per heavy atom. The number of halogens is 3. The Hall–Kier alpha value is -2.62. The second-order valence-electron chi connectivity index (χ2n) is 4.31. The summed E-state index contributed by atoms with van der Waals surface area (Å²) in [5.41, 5.74) is -1.39. The van der Waals surface area contributed by atoms with Crippen LogP contribution in [0.5, 0.6) is 5.75 Å². The van der Waals surface area contributed by atoms with Crippen LogP contribution in [0.1, 0.15) is 5.56 Å². The number of non-ortho nitro benzene ring substituents is 1. The van der Waals surface area contributed by atoms with Crippen molar-refractivity contribution in [3.05, 3.63) is 64.2 Å². The summed E-state index contributed by atoms with van der Waals surface area (Å²) >= 11 is 0. The Balaban J connectivity index is 2.29. The van der Waals surface area contributed by atoms with Gasteiger partial charge in [0.15, 0.2) is 0 Å². The number of nitrogens with zero attached hydrogens (tertiary/aromatic N) is 1. The van der Waals surface area contributed by atoms with Crippen molar-refractivity contribution in [3.8, 4) is 5.75 Å². The van der Waals surface area contributed by atoms with Gasteiger partial charge in [-0.2, -0.15) is 21.6 Å². The molecule has 0 bridgehead atoms. The summed E-state index contributed by atoms with van der Waals surface area (Å²) in [6.45, 7) is 0. The van der Waals surface area contributed by atoms with E-state index in [2.05, 4.69) is 0 Å². The molecule has 0 aromatic heterocycles. The summed E-state index contributed by atoms with van der Waals surface area (Å²) in [4.78, 5) is 9.37. The lowest BCUT2D eigenvalue weighted by atomic mass is 10.2. The van der Waals surface area contributed by atoms with E-state index in [1.807, 2.05) is 0 Å². The molecular formula is C13H8F3NO5S. The largest absolute Gasteiger partial charge is 0.416 e. The van der Waals surface area contributed by atoms with Crippen molar-refractivity contribution in [1.29, 1.82) is 0 Å². The molecule has 0 atom stereocenters. The summed E-state index contributed by atoms with van der Waals surface area (Å²) < 4.78 is 65.9. The maximum absolute atomic E-state index is 12.4. The normalized spacial score (nSPS) is 12.0. The lowest BCUT2D eigenvalue weighted by Gasteiger charge is -2.09. The minimum atomic E-state index is -4.59. The van der Waals surface area contributed by atoms with Crippen molar-refractivity contribution in [2.75, 3.05) is 0 Å². The molecular weight excluding hydrogens is 339 g/mol. The first-order chi connectivity index (χ1) is 10.6. The van der Waals surface area contributed by atoms with Gasteiger partial charge in [-0.05, 0) is 30.3 Å². The van der Waals surface area contributed by atoms with Crippen molar-refractivity contribution in [3.63, 3.8) is 0 Å². The monoisotopic (exact) mass is 347 g/mol. The first-order valence-corrected chi connectivity index (χ1v) is 7.36. The molecule has 0 saturated carbocycles. The Morgan fingerprint density at radius 1 is 1.04 bits per heavy atom. The highest BCUT2D eigenvalue weighted by atomic mass is 32.2. The average molecular weight is 347 g/mol. The number of alkyl halides is 3. The minimum Gasteiger partial charge on any atom is -0.379 e. The number of nitro benzene ring substituents is 1. The van der Waals surface area contributed by atoms with Gasteiger partial charge < -0.3 is 4.18 Å². The van der Waals surface area contributed by atoms with Gasteiger partial charge in [-0.15, -0.1) is 0 Å². The summed E-state index contributed by atoms with van der Waals surface area (Å²) in [7, 11) is -4.41. The molecule has 0 amide bonds. The Labute approximate surface area is 128 Å². The third kappa shape index (κ3) is 3.97. The third-order valence-electron chi connectivity index (χ3n) is 2.70. The predicted molar refractivity (Wildman–Crippen MR) is 72.4 cm³/mol. The van der Waals surface area contributed by atoms with Crippen LogP contribution < -0.4 is 4.18 Å². The molecule has 0 spiro atoms. The van der Waals surface area contributed by atoms with Gasteiger partial charge in [-0.1, -0.05) is 6.07 Å². The Morgan fingerprint density at radius 2 is 1.65 bits per heavy atom. The first kappa shape index (κ1) is 16.7. The fourth-order valence-corrected chi connectivity index (χ4v) is 2.56. The summed E-state index contributed by atoms with van der Waals surface area (Å²) in [5.74, 6) is -0.320. The number of nitro groups is 1. The van der Waals surface area contributed by atoms with Crippen LogP contribution in [0.25, 0.3) is 0 Å². The van der Waals surface area contributed by atoms with Crippen LogP contribution >= 0.6 is 0 Å². The van der Waals surface area contributed by atoms with Crippen LogP contribution in [0.15, 0.2) is 53.4 Å². The molecule has 2 aromatic rings. The number of rotatable bonds is 4. The highest BCUT2D eigenvalue weighted by molar-refractivity contribution is 7.87. The van der Waals surface area contributed by atoms with Crippen molar-refractivity contribution >= 4 is 15.8 Å². The lowest BCUT2D eigenvalue weighted by molar-refractivity contribution is -0.384. The quantitative estimate of drug-likeness (QED) is 0.481. The van der Waals surface area contributed by atoms with Gasteiger partial charge in [0.1, 0.15) is 10.6 Å². The highest BCUT2D eigenvalue weighted by Crippen LogP contribution is 2.30. The zero-order valence-electron chi connectivity index (χ0n) is 11.1. The van der Waals surface area contributed by atoms with E-state index in [-0.39, 0.29) is 11.4 Å². The molecule has 10 heteroatoms. The van der Waals surface area contributed by atoms with Crippen LogP contribution in [-0.2, 0) is 16.3 Å². The second-order valence-corrected chi connectivity index (χ2v) is 5.86. The standard InChI is InChI=1S/C13H8F3NO5S/c14-13(15,16)9-4-6-12(7-5-9)23(20,21)22-11-3-1-2-10(8-11)17(18)19/h1-8H. The van der Waals surface area contributed by atoms with Crippen LogP contribution in [0, 0.1) is 10.1 Å².